The van der Waals surface area contributed by atoms with Gasteiger partial charge in [0.2, 0.25) is 0 Å². The first-order valence-corrected chi connectivity index (χ1v) is 5.21. The average Bonchev–Trinajstić information content (AvgIpc) is 2.46. The molecule has 6 heteroatoms. The zero-order valence-corrected chi connectivity index (χ0v) is 8.72. The van der Waals surface area contributed by atoms with Gasteiger partial charge in [-0.05, 0) is 17.9 Å². The molecule has 1 atom stereocenters. The van der Waals surface area contributed by atoms with E-state index in [2.05, 4.69) is 0 Å². The van der Waals surface area contributed by atoms with Crippen LogP contribution in [0.25, 0.3) is 0 Å². The molecule has 0 bridgehead atoms. The van der Waals surface area contributed by atoms with Crippen LogP contribution in [0.4, 0.5) is 13.2 Å². The molecule has 0 aliphatic heterocycles. The summed E-state index contributed by atoms with van der Waals surface area (Å²) >= 11 is 7.02. The lowest BCUT2D eigenvalue weighted by Crippen LogP contribution is -2.15. The van der Waals surface area contributed by atoms with Crippen molar-refractivity contribution in [3.8, 4) is 0 Å². The molecule has 14 heavy (non-hydrogen) atoms. The van der Waals surface area contributed by atoms with Gasteiger partial charge < -0.3 is 5.73 Å². The topological polar surface area (TPSA) is 26.0 Å². The van der Waals surface area contributed by atoms with Gasteiger partial charge in [-0.25, -0.2) is 0 Å². The monoisotopic (exact) mass is 243 g/mol. The Balaban J connectivity index is 2.51. The van der Waals surface area contributed by atoms with E-state index in [1.54, 1.807) is 11.4 Å². The molecule has 0 aromatic carbocycles. The standard InChI is InChI=1S/C8H9ClF3NS/c9-5-2-4-14-7(5)6(13)1-3-8(10,11)12/h2,4,6H,1,3,13H2. The maximum atomic E-state index is 11.9. The molecule has 0 radical (unpaired) electrons. The number of nitrogens with two attached hydrogens (primary N) is 1. The second-order valence-electron chi connectivity index (χ2n) is 2.89. The van der Waals surface area contributed by atoms with Gasteiger partial charge in [0.05, 0.1) is 5.02 Å². The zero-order chi connectivity index (χ0) is 10.8. The minimum absolute atomic E-state index is 0.121. The quantitative estimate of drug-likeness (QED) is 0.860. The van der Waals surface area contributed by atoms with Crippen molar-refractivity contribution >= 4 is 22.9 Å². The van der Waals surface area contributed by atoms with Crippen molar-refractivity contribution in [1.29, 1.82) is 0 Å². The zero-order valence-electron chi connectivity index (χ0n) is 7.14. The highest BCUT2D eigenvalue weighted by molar-refractivity contribution is 7.10. The summed E-state index contributed by atoms with van der Waals surface area (Å²) in [4.78, 5) is 0.621. The molecule has 1 nitrogen and oxygen atoms in total. The van der Waals surface area contributed by atoms with E-state index in [0.717, 1.165) is 0 Å². The summed E-state index contributed by atoms with van der Waals surface area (Å²) in [5, 5.41) is 2.16. The van der Waals surface area contributed by atoms with Crippen LogP contribution in [0.3, 0.4) is 0 Å². The Morgan fingerprint density at radius 1 is 1.50 bits per heavy atom. The maximum absolute atomic E-state index is 11.9. The summed E-state index contributed by atoms with van der Waals surface area (Å²) in [7, 11) is 0. The van der Waals surface area contributed by atoms with Crippen LogP contribution in [0.15, 0.2) is 11.4 Å². The van der Waals surface area contributed by atoms with Gasteiger partial charge in [-0.2, -0.15) is 13.2 Å². The number of halogens is 4. The second-order valence-corrected chi connectivity index (χ2v) is 4.25. The molecule has 1 aromatic heterocycles. The molecular formula is C8H9ClF3NS. The minimum Gasteiger partial charge on any atom is -0.323 e. The summed E-state index contributed by atoms with van der Waals surface area (Å²) < 4.78 is 35.6. The Hall–Kier alpha value is -0.260. The van der Waals surface area contributed by atoms with Gasteiger partial charge in [0.1, 0.15) is 0 Å². The fraction of sp³-hybridized carbons (Fsp3) is 0.500. The lowest BCUT2D eigenvalue weighted by atomic mass is 10.1. The van der Waals surface area contributed by atoms with Crippen LogP contribution >= 0.6 is 22.9 Å². The molecule has 0 saturated heterocycles. The fourth-order valence-corrected chi connectivity index (χ4v) is 2.26. The third-order valence-electron chi connectivity index (χ3n) is 1.72. The van der Waals surface area contributed by atoms with Crippen LogP contribution in [0, 0.1) is 0 Å². The van der Waals surface area contributed by atoms with Crippen molar-refractivity contribution in [1.82, 2.24) is 0 Å². The van der Waals surface area contributed by atoms with Crippen LogP contribution in [-0.4, -0.2) is 6.18 Å². The van der Waals surface area contributed by atoms with Gasteiger partial charge in [-0.15, -0.1) is 11.3 Å². The molecule has 0 aliphatic carbocycles. The van der Waals surface area contributed by atoms with E-state index in [4.69, 9.17) is 17.3 Å². The van der Waals surface area contributed by atoms with Gasteiger partial charge >= 0.3 is 6.18 Å². The highest BCUT2D eigenvalue weighted by atomic mass is 35.5. The Morgan fingerprint density at radius 2 is 2.14 bits per heavy atom. The Kier molecular flexibility index (Phi) is 3.80. The van der Waals surface area contributed by atoms with Crippen molar-refractivity contribution in [2.75, 3.05) is 0 Å². The van der Waals surface area contributed by atoms with Gasteiger partial charge in [0.15, 0.2) is 0 Å². The van der Waals surface area contributed by atoms with Crippen molar-refractivity contribution in [3.05, 3.63) is 21.3 Å². The molecule has 2 N–H and O–H groups in total. The van der Waals surface area contributed by atoms with Crippen LogP contribution in [-0.2, 0) is 0 Å². The molecule has 0 spiro atoms. The predicted molar refractivity (Wildman–Crippen MR) is 51.5 cm³/mol. The van der Waals surface area contributed by atoms with Crippen molar-refractivity contribution in [2.24, 2.45) is 5.73 Å². The first-order chi connectivity index (χ1) is 6.40. The number of rotatable bonds is 3. The van der Waals surface area contributed by atoms with Crippen LogP contribution < -0.4 is 5.73 Å². The SMILES string of the molecule is NC(CCC(F)(F)F)c1sccc1Cl. The van der Waals surface area contributed by atoms with E-state index < -0.39 is 18.6 Å². The number of alkyl halides is 3. The molecule has 1 aromatic rings. The second kappa shape index (κ2) is 4.51. The summed E-state index contributed by atoms with van der Waals surface area (Å²) in [6.07, 6.45) is -5.15. The van der Waals surface area contributed by atoms with Gasteiger partial charge in [-0.3, -0.25) is 0 Å². The Bertz CT molecular complexity index is 297. The Morgan fingerprint density at radius 3 is 2.57 bits per heavy atom. The van der Waals surface area contributed by atoms with Crippen LogP contribution in [0.2, 0.25) is 5.02 Å². The lowest BCUT2D eigenvalue weighted by molar-refractivity contribution is -0.136. The molecular weight excluding hydrogens is 235 g/mol. The predicted octanol–water partition coefficient (Wildman–Crippen LogP) is 3.74. The average molecular weight is 244 g/mol. The van der Waals surface area contributed by atoms with E-state index in [9.17, 15) is 13.2 Å². The number of hydrogen-bond acceptors (Lipinski definition) is 2. The number of thiophene rings is 1. The summed E-state index contributed by atoms with van der Waals surface area (Å²) in [5.74, 6) is 0. The highest BCUT2D eigenvalue weighted by Gasteiger charge is 2.28. The maximum Gasteiger partial charge on any atom is 0.389 e. The molecule has 80 valence electrons. The van der Waals surface area contributed by atoms with Crippen LogP contribution in [0.1, 0.15) is 23.8 Å². The van der Waals surface area contributed by atoms with E-state index in [0.29, 0.717) is 9.90 Å². The lowest BCUT2D eigenvalue weighted by Gasteiger charge is -2.11. The van der Waals surface area contributed by atoms with Crippen molar-refractivity contribution < 1.29 is 13.2 Å². The van der Waals surface area contributed by atoms with Crippen LogP contribution in [0.5, 0.6) is 0 Å². The first kappa shape index (κ1) is 11.8. The van der Waals surface area contributed by atoms with E-state index in [1.165, 1.54) is 11.3 Å². The molecule has 1 heterocycles. The normalized spacial score (nSPS) is 14.4. The molecule has 0 aliphatic rings. The molecule has 0 saturated carbocycles. The minimum atomic E-state index is -4.15. The molecule has 0 amide bonds. The highest BCUT2D eigenvalue weighted by Crippen LogP contribution is 2.32. The third-order valence-corrected chi connectivity index (χ3v) is 3.21. The number of hydrogen-bond donors (Lipinski definition) is 1. The first-order valence-electron chi connectivity index (χ1n) is 3.95. The fourth-order valence-electron chi connectivity index (χ4n) is 1.02. The van der Waals surface area contributed by atoms with Gasteiger partial charge in [-0.1, -0.05) is 11.6 Å². The van der Waals surface area contributed by atoms with Crippen molar-refractivity contribution in [2.45, 2.75) is 25.1 Å². The smallest absolute Gasteiger partial charge is 0.323 e. The van der Waals surface area contributed by atoms with E-state index in [1.807, 2.05) is 0 Å². The van der Waals surface area contributed by atoms with Crippen molar-refractivity contribution in [3.63, 3.8) is 0 Å². The Labute approximate surface area is 88.7 Å². The molecule has 1 unspecified atom stereocenters. The molecule has 0 fully saturated rings. The van der Waals surface area contributed by atoms with Gasteiger partial charge in [0, 0.05) is 17.3 Å². The summed E-state index contributed by atoms with van der Waals surface area (Å²) in [6, 6.07) is 1.01. The summed E-state index contributed by atoms with van der Waals surface area (Å²) in [6.45, 7) is 0. The summed E-state index contributed by atoms with van der Waals surface area (Å²) in [5.41, 5.74) is 5.57. The largest absolute Gasteiger partial charge is 0.389 e. The third kappa shape index (κ3) is 3.48. The molecule has 1 rings (SSSR count). The van der Waals surface area contributed by atoms with E-state index >= 15 is 0 Å². The van der Waals surface area contributed by atoms with E-state index in [-0.39, 0.29) is 6.42 Å². The van der Waals surface area contributed by atoms with Gasteiger partial charge in [0.25, 0.3) is 0 Å².